The fraction of sp³-hybridized carbons (Fsp3) is 0.273. The van der Waals surface area contributed by atoms with Gasteiger partial charge in [-0.15, -0.1) is 0 Å². The molecular weight excluding hydrogens is 406 g/mol. The van der Waals surface area contributed by atoms with Gasteiger partial charge in [0, 0.05) is 7.05 Å². The number of methoxy groups -OCH3 is 1. The number of rotatable bonds is 7. The Balaban J connectivity index is 1.61. The Morgan fingerprint density at radius 3 is 2.45 bits per heavy atom. The molecule has 0 saturated carbocycles. The van der Waals surface area contributed by atoms with Crippen LogP contribution in [0.25, 0.3) is 6.08 Å². The Labute approximate surface area is 180 Å². The number of nitrogens with zero attached hydrogens (tertiary/aromatic N) is 1. The van der Waals surface area contributed by atoms with Gasteiger partial charge in [-0.05, 0) is 60.9 Å². The summed E-state index contributed by atoms with van der Waals surface area (Å²) in [5, 5.41) is 0. The highest BCUT2D eigenvalue weighted by molar-refractivity contribution is 8.26. The highest BCUT2D eigenvalue weighted by atomic mass is 32.2. The lowest BCUT2D eigenvalue weighted by atomic mass is 10.1. The molecule has 7 heteroatoms. The van der Waals surface area contributed by atoms with Gasteiger partial charge in [-0.1, -0.05) is 36.1 Å². The van der Waals surface area contributed by atoms with E-state index in [1.807, 2.05) is 36.4 Å². The van der Waals surface area contributed by atoms with Gasteiger partial charge in [-0.25, -0.2) is 0 Å². The van der Waals surface area contributed by atoms with E-state index in [-0.39, 0.29) is 5.91 Å². The number of thiocarbonyl (C=S) groups is 1. The Morgan fingerprint density at radius 2 is 1.79 bits per heavy atom. The second-order valence-electron chi connectivity index (χ2n) is 6.59. The summed E-state index contributed by atoms with van der Waals surface area (Å²) >= 11 is 6.45. The van der Waals surface area contributed by atoms with E-state index in [0.717, 1.165) is 11.3 Å². The highest BCUT2D eigenvalue weighted by Crippen LogP contribution is 2.34. The van der Waals surface area contributed by atoms with Gasteiger partial charge in [0.2, 0.25) is 0 Å². The van der Waals surface area contributed by atoms with Crippen molar-refractivity contribution in [1.82, 2.24) is 4.90 Å². The van der Waals surface area contributed by atoms with Crippen molar-refractivity contribution >= 4 is 40.3 Å². The number of thioether (sulfide) groups is 1. The molecule has 1 fully saturated rings. The molecule has 5 nitrogen and oxygen atoms in total. The molecule has 0 atom stereocenters. The van der Waals surface area contributed by atoms with Crippen molar-refractivity contribution in [3.8, 4) is 17.2 Å². The molecule has 0 radical (unpaired) electrons. The van der Waals surface area contributed by atoms with E-state index in [2.05, 4.69) is 13.8 Å². The molecule has 29 heavy (non-hydrogen) atoms. The van der Waals surface area contributed by atoms with Crippen LogP contribution in [0.1, 0.15) is 16.7 Å². The zero-order valence-electron chi connectivity index (χ0n) is 16.9. The second kappa shape index (κ2) is 9.33. The molecule has 3 rings (SSSR count). The molecule has 1 aliphatic heterocycles. The molecule has 1 saturated heterocycles. The van der Waals surface area contributed by atoms with Crippen molar-refractivity contribution < 1.29 is 19.0 Å². The molecule has 0 aliphatic carbocycles. The topological polar surface area (TPSA) is 48.0 Å². The van der Waals surface area contributed by atoms with E-state index in [1.165, 1.54) is 27.8 Å². The van der Waals surface area contributed by atoms with Crippen LogP contribution in [0.4, 0.5) is 0 Å². The smallest absolute Gasteiger partial charge is 0.265 e. The number of benzene rings is 2. The number of hydrogen-bond acceptors (Lipinski definition) is 6. The lowest BCUT2D eigenvalue weighted by molar-refractivity contribution is -0.121. The number of aryl methyl sites for hydroxylation is 2. The second-order valence-corrected chi connectivity index (χ2v) is 8.27. The fourth-order valence-electron chi connectivity index (χ4n) is 2.70. The summed E-state index contributed by atoms with van der Waals surface area (Å²) in [6, 6.07) is 11.6. The normalized spacial score (nSPS) is 15.2. The van der Waals surface area contributed by atoms with Gasteiger partial charge >= 0.3 is 0 Å². The van der Waals surface area contributed by atoms with Gasteiger partial charge < -0.3 is 14.2 Å². The molecule has 1 heterocycles. The molecule has 0 N–H and O–H groups in total. The monoisotopic (exact) mass is 429 g/mol. The summed E-state index contributed by atoms with van der Waals surface area (Å²) in [6.45, 7) is 4.94. The van der Waals surface area contributed by atoms with Crippen LogP contribution < -0.4 is 14.2 Å². The Bertz CT molecular complexity index is 971. The van der Waals surface area contributed by atoms with Gasteiger partial charge in [0.25, 0.3) is 5.91 Å². The quantitative estimate of drug-likeness (QED) is 0.364. The largest absolute Gasteiger partial charge is 0.493 e. The first kappa shape index (κ1) is 21.2. The van der Waals surface area contributed by atoms with E-state index in [1.54, 1.807) is 20.2 Å². The van der Waals surface area contributed by atoms with Crippen LogP contribution in [0.3, 0.4) is 0 Å². The number of carbonyl (C=O) groups excluding carboxylic acids is 1. The molecule has 0 aromatic heterocycles. The van der Waals surface area contributed by atoms with Crippen molar-refractivity contribution in [3.63, 3.8) is 0 Å². The summed E-state index contributed by atoms with van der Waals surface area (Å²) in [6.07, 6.45) is 1.80. The van der Waals surface area contributed by atoms with Crippen molar-refractivity contribution in [3.05, 3.63) is 58.0 Å². The molecule has 0 unspecified atom stereocenters. The van der Waals surface area contributed by atoms with E-state index >= 15 is 0 Å². The number of likely N-dealkylation sites (N-methyl/N-ethyl adjacent to an activating group) is 1. The Morgan fingerprint density at radius 1 is 1.03 bits per heavy atom. The van der Waals surface area contributed by atoms with E-state index in [9.17, 15) is 4.79 Å². The highest BCUT2D eigenvalue weighted by Gasteiger charge is 2.28. The molecule has 152 valence electrons. The van der Waals surface area contributed by atoms with Crippen molar-refractivity contribution in [2.24, 2.45) is 0 Å². The summed E-state index contributed by atoms with van der Waals surface area (Å²) in [5.41, 5.74) is 3.27. The maximum atomic E-state index is 12.2. The van der Waals surface area contributed by atoms with Crippen LogP contribution in [0, 0.1) is 13.8 Å². The summed E-state index contributed by atoms with van der Waals surface area (Å²) in [4.78, 5) is 14.2. The minimum atomic E-state index is -0.0946. The van der Waals surface area contributed by atoms with Crippen LogP contribution in [-0.2, 0) is 4.79 Å². The summed E-state index contributed by atoms with van der Waals surface area (Å²) in [7, 11) is 3.26. The van der Waals surface area contributed by atoms with Crippen LogP contribution in [0.2, 0.25) is 0 Å². The van der Waals surface area contributed by atoms with Crippen molar-refractivity contribution in [2.75, 3.05) is 27.4 Å². The summed E-state index contributed by atoms with van der Waals surface area (Å²) < 4.78 is 17.6. The van der Waals surface area contributed by atoms with E-state index < -0.39 is 0 Å². The zero-order chi connectivity index (χ0) is 21.0. The SMILES string of the molecule is COc1cc(C=C2SC(=S)N(C)C2=O)ccc1OCCOc1ccc(C)c(C)c1. The molecular formula is C22H23NO4S2. The maximum absolute atomic E-state index is 12.2. The molecule has 1 amide bonds. The van der Waals surface area contributed by atoms with Crippen LogP contribution in [0.15, 0.2) is 41.3 Å². The molecule has 1 aliphatic rings. The average molecular weight is 430 g/mol. The number of hydrogen-bond donors (Lipinski definition) is 0. The average Bonchev–Trinajstić information content (AvgIpc) is 2.95. The third-order valence-electron chi connectivity index (χ3n) is 4.56. The third-order valence-corrected chi connectivity index (χ3v) is 6.04. The molecule has 2 aromatic rings. The lowest BCUT2D eigenvalue weighted by Gasteiger charge is -2.13. The van der Waals surface area contributed by atoms with Gasteiger partial charge in [0.05, 0.1) is 12.0 Å². The Kier molecular flexibility index (Phi) is 6.82. The molecule has 2 aromatic carbocycles. The van der Waals surface area contributed by atoms with Gasteiger partial charge in [0.15, 0.2) is 11.5 Å². The number of carbonyl (C=O) groups is 1. The van der Waals surface area contributed by atoms with Crippen molar-refractivity contribution in [1.29, 1.82) is 0 Å². The number of amides is 1. The van der Waals surface area contributed by atoms with Crippen molar-refractivity contribution in [2.45, 2.75) is 13.8 Å². The standard InChI is InChI=1S/C22H23NO4S2/c1-14-5-7-17(11-15(14)2)26-9-10-27-18-8-6-16(12-19(18)25-4)13-20-21(24)23(3)22(28)29-20/h5-8,11-13H,9-10H2,1-4H3. The minimum Gasteiger partial charge on any atom is -0.493 e. The fourth-order valence-corrected chi connectivity index (χ4v) is 3.88. The van der Waals surface area contributed by atoms with Crippen LogP contribution >= 0.6 is 24.0 Å². The van der Waals surface area contributed by atoms with Gasteiger partial charge in [-0.2, -0.15) is 0 Å². The minimum absolute atomic E-state index is 0.0946. The van der Waals surface area contributed by atoms with Gasteiger partial charge in [-0.3, -0.25) is 9.69 Å². The summed E-state index contributed by atoms with van der Waals surface area (Å²) in [5.74, 6) is 1.95. The first-order chi connectivity index (χ1) is 13.9. The molecule has 0 bridgehead atoms. The third kappa shape index (κ3) is 5.10. The maximum Gasteiger partial charge on any atom is 0.265 e. The van der Waals surface area contributed by atoms with Crippen LogP contribution in [-0.4, -0.2) is 42.5 Å². The van der Waals surface area contributed by atoms with E-state index in [0.29, 0.717) is 33.9 Å². The predicted octanol–water partition coefficient (Wildman–Crippen LogP) is 4.60. The zero-order valence-corrected chi connectivity index (χ0v) is 18.5. The van der Waals surface area contributed by atoms with Crippen LogP contribution in [0.5, 0.6) is 17.2 Å². The first-order valence-electron chi connectivity index (χ1n) is 9.11. The first-order valence-corrected chi connectivity index (χ1v) is 10.3. The lowest BCUT2D eigenvalue weighted by Crippen LogP contribution is -2.22. The van der Waals surface area contributed by atoms with E-state index in [4.69, 9.17) is 26.4 Å². The number of ether oxygens (including phenoxy) is 3. The Hall–Kier alpha value is -2.51. The van der Waals surface area contributed by atoms with Gasteiger partial charge in [0.1, 0.15) is 23.3 Å². The molecule has 0 spiro atoms. The predicted molar refractivity (Wildman–Crippen MR) is 121 cm³/mol.